The summed E-state index contributed by atoms with van der Waals surface area (Å²) in [4.78, 5) is 19.8. The molecule has 3 aliphatic heterocycles. The van der Waals surface area contributed by atoms with Gasteiger partial charge in [-0.25, -0.2) is 0 Å². The van der Waals surface area contributed by atoms with Gasteiger partial charge in [0.15, 0.2) is 0 Å². The first-order valence-electron chi connectivity index (χ1n) is 12.8. The smallest absolute Gasteiger partial charge is 0.234 e. The number of aromatic nitrogens is 1. The van der Waals surface area contributed by atoms with E-state index in [0.717, 1.165) is 65.0 Å². The summed E-state index contributed by atoms with van der Waals surface area (Å²) in [5.41, 5.74) is 3.62. The second-order valence-electron chi connectivity index (χ2n) is 10.2. The molecular formula is C28H31ClN4O3S. The van der Waals surface area contributed by atoms with Gasteiger partial charge in [0.2, 0.25) is 5.91 Å². The number of ether oxygens (including phenoxy) is 1. The van der Waals surface area contributed by atoms with E-state index in [4.69, 9.17) is 16.3 Å². The van der Waals surface area contributed by atoms with Crippen LogP contribution in [0.3, 0.4) is 0 Å². The Kier molecular flexibility index (Phi) is 7.03. The highest BCUT2D eigenvalue weighted by atomic mass is 35.5. The molecule has 194 valence electrons. The zero-order valence-corrected chi connectivity index (χ0v) is 22.3. The first kappa shape index (κ1) is 24.9. The quantitative estimate of drug-likeness (QED) is 0.400. The van der Waals surface area contributed by atoms with Gasteiger partial charge in [-0.1, -0.05) is 17.7 Å². The van der Waals surface area contributed by atoms with Crippen LogP contribution in [0.5, 0.6) is 5.75 Å². The van der Waals surface area contributed by atoms with Crippen molar-refractivity contribution in [2.24, 2.45) is 0 Å². The van der Waals surface area contributed by atoms with E-state index in [2.05, 4.69) is 38.7 Å². The number of amides is 1. The number of carbonyl (C=O) groups is 1. The predicted octanol–water partition coefficient (Wildman–Crippen LogP) is 4.76. The monoisotopic (exact) mass is 538 g/mol. The molecule has 3 aromatic rings. The number of methoxy groups -OCH3 is 1. The maximum Gasteiger partial charge on any atom is 0.234 e. The fourth-order valence-corrected chi connectivity index (χ4v) is 7.23. The van der Waals surface area contributed by atoms with E-state index in [-0.39, 0.29) is 5.91 Å². The first-order chi connectivity index (χ1) is 18.0. The Hall–Kier alpha value is -2.36. The van der Waals surface area contributed by atoms with Crippen LogP contribution in [0.4, 0.5) is 5.69 Å². The fraction of sp³-hybridized carbons (Fsp3) is 0.429. The second-order valence-corrected chi connectivity index (χ2v) is 11.6. The highest BCUT2D eigenvalue weighted by molar-refractivity contribution is 8.00. The molecular weight excluding hydrogens is 508 g/mol. The molecule has 2 aromatic carbocycles. The van der Waals surface area contributed by atoms with Gasteiger partial charge in [0.05, 0.1) is 35.2 Å². The van der Waals surface area contributed by atoms with Crippen molar-refractivity contribution in [1.82, 2.24) is 15.2 Å². The topological polar surface area (TPSA) is 86.7 Å². The normalized spacial score (nSPS) is 24.1. The van der Waals surface area contributed by atoms with E-state index in [9.17, 15) is 9.90 Å². The molecule has 0 radical (unpaired) electrons. The van der Waals surface area contributed by atoms with Crippen LogP contribution < -0.4 is 15.4 Å². The van der Waals surface area contributed by atoms with Gasteiger partial charge in [0.25, 0.3) is 0 Å². The summed E-state index contributed by atoms with van der Waals surface area (Å²) >= 11 is 8.15. The van der Waals surface area contributed by atoms with Crippen LogP contribution in [0.2, 0.25) is 5.02 Å². The van der Waals surface area contributed by atoms with Crippen LogP contribution in [0.15, 0.2) is 47.5 Å². The van der Waals surface area contributed by atoms with Gasteiger partial charge in [-0.15, -0.1) is 11.8 Å². The van der Waals surface area contributed by atoms with E-state index in [1.807, 2.05) is 18.2 Å². The Labute approximate surface area is 225 Å². The lowest BCUT2D eigenvalue weighted by Crippen LogP contribution is -2.50. The third-order valence-corrected chi connectivity index (χ3v) is 9.32. The number of aliphatic hydroxyl groups excluding tert-OH is 1. The number of halogens is 1. The SMILES string of the molecule is COc1ccc2ncc(Cl)c(C(O)CN3C4CCC3CC(NCc3ccc5c(c3)NC(=O)CS5)C4)c2c1. The number of fused-ring (bicyclic) bond motifs is 4. The molecule has 0 saturated carbocycles. The lowest BCUT2D eigenvalue weighted by Gasteiger charge is -2.40. The highest BCUT2D eigenvalue weighted by Gasteiger charge is 2.41. The predicted molar refractivity (Wildman–Crippen MR) is 147 cm³/mol. The average molecular weight is 539 g/mol. The molecule has 0 spiro atoms. The molecule has 2 fully saturated rings. The van der Waals surface area contributed by atoms with Gasteiger partial charge < -0.3 is 20.5 Å². The van der Waals surface area contributed by atoms with E-state index in [1.54, 1.807) is 25.1 Å². The minimum absolute atomic E-state index is 0.0638. The van der Waals surface area contributed by atoms with Gasteiger partial charge in [0, 0.05) is 53.3 Å². The third kappa shape index (κ3) is 5.05. The second kappa shape index (κ2) is 10.4. The Bertz CT molecular complexity index is 1320. The molecule has 1 amide bonds. The van der Waals surface area contributed by atoms with Crippen LogP contribution in [0.25, 0.3) is 10.9 Å². The molecule has 1 aromatic heterocycles. The number of pyridine rings is 1. The molecule has 6 rings (SSSR count). The van der Waals surface area contributed by atoms with Crippen molar-refractivity contribution in [2.75, 3.05) is 24.7 Å². The molecule has 7 nitrogen and oxygen atoms in total. The lowest BCUT2D eigenvalue weighted by molar-refractivity contribution is -0.113. The van der Waals surface area contributed by atoms with E-state index in [0.29, 0.717) is 35.4 Å². The summed E-state index contributed by atoms with van der Waals surface area (Å²) in [6.07, 6.45) is 5.33. The van der Waals surface area contributed by atoms with Gasteiger partial charge in [-0.05, 0) is 61.6 Å². The Morgan fingerprint density at radius 2 is 2.05 bits per heavy atom. The summed E-state index contributed by atoms with van der Waals surface area (Å²) in [5.74, 6) is 1.27. The molecule has 37 heavy (non-hydrogen) atoms. The van der Waals surface area contributed by atoms with Crippen LogP contribution in [-0.2, 0) is 11.3 Å². The lowest BCUT2D eigenvalue weighted by atomic mass is 9.95. The number of hydrogen-bond donors (Lipinski definition) is 3. The standard InChI is InChI=1S/C28H31ClN4O3S/c1-36-20-5-6-23-21(11-20)28(22(29)13-31-23)25(34)14-33-18-3-4-19(33)10-17(9-18)30-12-16-2-7-26-24(8-16)32-27(35)15-37-26/h2,5-8,11,13,17-19,25,30,34H,3-4,9-10,12,14-15H2,1H3,(H,32,35). The number of carbonyl (C=O) groups excluding carboxylic acids is 1. The van der Waals surface area contributed by atoms with Crippen molar-refractivity contribution in [1.29, 1.82) is 0 Å². The van der Waals surface area contributed by atoms with Gasteiger partial charge >= 0.3 is 0 Å². The number of aliphatic hydroxyl groups is 1. The van der Waals surface area contributed by atoms with Crippen molar-refractivity contribution in [3.63, 3.8) is 0 Å². The first-order valence-corrected chi connectivity index (χ1v) is 14.2. The zero-order valence-electron chi connectivity index (χ0n) is 20.7. The minimum atomic E-state index is -0.707. The number of hydrogen-bond acceptors (Lipinski definition) is 7. The largest absolute Gasteiger partial charge is 0.497 e. The summed E-state index contributed by atoms with van der Waals surface area (Å²) in [6, 6.07) is 13.3. The third-order valence-electron chi connectivity index (χ3n) is 7.94. The summed E-state index contributed by atoms with van der Waals surface area (Å²) in [6.45, 7) is 1.33. The number of rotatable bonds is 7. The van der Waals surface area contributed by atoms with Crippen molar-refractivity contribution >= 4 is 45.9 Å². The molecule has 3 N–H and O–H groups in total. The summed E-state index contributed by atoms with van der Waals surface area (Å²) < 4.78 is 5.40. The van der Waals surface area contributed by atoms with Crippen LogP contribution in [0, 0.1) is 0 Å². The van der Waals surface area contributed by atoms with Gasteiger partial charge in [0.1, 0.15) is 5.75 Å². The molecule has 0 aliphatic carbocycles. The number of piperidine rings is 1. The Morgan fingerprint density at radius 3 is 2.84 bits per heavy atom. The van der Waals surface area contributed by atoms with Crippen molar-refractivity contribution < 1.29 is 14.6 Å². The minimum Gasteiger partial charge on any atom is -0.497 e. The number of nitrogens with one attached hydrogen (secondary N) is 2. The summed E-state index contributed by atoms with van der Waals surface area (Å²) in [7, 11) is 1.63. The number of thioether (sulfide) groups is 1. The maximum absolute atomic E-state index is 11.7. The molecule has 3 aliphatic rings. The van der Waals surface area contributed by atoms with Crippen LogP contribution >= 0.6 is 23.4 Å². The van der Waals surface area contributed by atoms with Crippen molar-refractivity contribution in [3.05, 3.63) is 58.7 Å². The van der Waals surface area contributed by atoms with E-state index >= 15 is 0 Å². The molecule has 3 unspecified atom stereocenters. The highest BCUT2D eigenvalue weighted by Crippen LogP contribution is 2.39. The van der Waals surface area contributed by atoms with Crippen LogP contribution in [-0.4, -0.2) is 58.4 Å². The fourth-order valence-electron chi connectivity index (χ4n) is 6.17. The zero-order chi connectivity index (χ0) is 25.5. The Balaban J connectivity index is 1.11. The molecule has 3 atom stereocenters. The van der Waals surface area contributed by atoms with E-state index < -0.39 is 6.10 Å². The van der Waals surface area contributed by atoms with Crippen molar-refractivity contribution in [3.8, 4) is 5.75 Å². The molecule has 4 heterocycles. The van der Waals surface area contributed by atoms with E-state index in [1.165, 1.54) is 5.56 Å². The number of anilines is 1. The van der Waals surface area contributed by atoms with Crippen molar-refractivity contribution in [2.45, 2.75) is 61.4 Å². The molecule has 2 saturated heterocycles. The molecule has 2 bridgehead atoms. The van der Waals surface area contributed by atoms with Gasteiger partial charge in [-0.3, -0.25) is 14.7 Å². The maximum atomic E-state index is 11.7. The number of benzene rings is 2. The summed E-state index contributed by atoms with van der Waals surface area (Å²) in [5, 5.41) is 19.4. The van der Waals surface area contributed by atoms with Crippen LogP contribution in [0.1, 0.15) is 42.9 Å². The van der Waals surface area contributed by atoms with Gasteiger partial charge in [-0.2, -0.15) is 0 Å². The average Bonchev–Trinajstić information content (AvgIpc) is 3.12. The Morgan fingerprint density at radius 1 is 1.24 bits per heavy atom. The molecule has 9 heteroatoms. The number of nitrogens with zero attached hydrogens (tertiary/aromatic N) is 2.